The van der Waals surface area contributed by atoms with Gasteiger partial charge in [0.25, 0.3) is 0 Å². The van der Waals surface area contributed by atoms with Crippen molar-refractivity contribution < 1.29 is 17.9 Å². The third-order valence-corrected chi connectivity index (χ3v) is 5.35. The van der Waals surface area contributed by atoms with Crippen molar-refractivity contribution >= 4 is 21.6 Å². The molecule has 0 spiro atoms. The number of fused-ring (bicyclic) bond motifs is 1. The van der Waals surface area contributed by atoms with Crippen LogP contribution in [0.4, 0.5) is 5.69 Å². The lowest BCUT2D eigenvalue weighted by molar-refractivity contribution is -0.117. The van der Waals surface area contributed by atoms with E-state index in [1.807, 2.05) is 24.3 Å². The van der Waals surface area contributed by atoms with E-state index >= 15 is 0 Å². The molecular formula is C18H20N2O4S. The second-order valence-corrected chi connectivity index (χ2v) is 7.60. The molecule has 2 aromatic rings. The molecule has 1 aliphatic rings. The van der Waals surface area contributed by atoms with E-state index in [1.165, 1.54) is 30.9 Å². The van der Waals surface area contributed by atoms with Gasteiger partial charge in [-0.2, -0.15) is 0 Å². The van der Waals surface area contributed by atoms with Gasteiger partial charge in [-0.15, -0.1) is 0 Å². The van der Waals surface area contributed by atoms with Crippen molar-refractivity contribution in [3.8, 4) is 5.75 Å². The number of hydrogen-bond donors (Lipinski definition) is 2. The van der Waals surface area contributed by atoms with E-state index in [2.05, 4.69) is 5.32 Å². The van der Waals surface area contributed by atoms with Crippen LogP contribution in [-0.4, -0.2) is 21.4 Å². The smallest absolute Gasteiger partial charge is 0.238 e. The van der Waals surface area contributed by atoms with Gasteiger partial charge in [0.15, 0.2) is 0 Å². The highest BCUT2D eigenvalue weighted by atomic mass is 32.2. The molecule has 0 bridgehead atoms. The lowest BCUT2D eigenvalue weighted by Crippen LogP contribution is -2.25. The van der Waals surface area contributed by atoms with Crippen LogP contribution in [0.15, 0.2) is 47.4 Å². The molecule has 0 fully saturated rings. The van der Waals surface area contributed by atoms with E-state index in [4.69, 9.17) is 9.88 Å². The number of primary sulfonamides is 1. The number of ether oxygens (including phenoxy) is 1. The first-order valence-electron chi connectivity index (χ1n) is 7.99. The molecule has 7 heteroatoms. The molecule has 2 aromatic carbocycles. The number of methoxy groups -OCH3 is 1. The molecule has 0 aromatic heterocycles. The van der Waals surface area contributed by atoms with Gasteiger partial charge in [0.05, 0.1) is 23.6 Å². The highest BCUT2D eigenvalue weighted by Crippen LogP contribution is 2.34. The third kappa shape index (κ3) is 3.67. The van der Waals surface area contributed by atoms with Crippen LogP contribution in [0.3, 0.4) is 0 Å². The van der Waals surface area contributed by atoms with Crippen LogP contribution in [0.2, 0.25) is 0 Å². The van der Waals surface area contributed by atoms with Crippen molar-refractivity contribution in [3.63, 3.8) is 0 Å². The molecular weight excluding hydrogens is 340 g/mol. The predicted molar refractivity (Wildman–Crippen MR) is 95.1 cm³/mol. The van der Waals surface area contributed by atoms with Crippen LogP contribution in [-0.2, 0) is 21.2 Å². The molecule has 0 heterocycles. The number of rotatable bonds is 4. The average Bonchev–Trinajstić information content (AvgIpc) is 2.60. The fourth-order valence-corrected chi connectivity index (χ4v) is 3.75. The topological polar surface area (TPSA) is 98.5 Å². The summed E-state index contributed by atoms with van der Waals surface area (Å²) < 4.78 is 28.3. The zero-order valence-electron chi connectivity index (χ0n) is 13.9. The zero-order chi connectivity index (χ0) is 18.0. The van der Waals surface area contributed by atoms with Crippen LogP contribution < -0.4 is 15.2 Å². The molecule has 6 nitrogen and oxygen atoms in total. The lowest BCUT2D eigenvalue weighted by atomic mass is 9.82. The maximum Gasteiger partial charge on any atom is 0.238 e. The Morgan fingerprint density at radius 3 is 2.72 bits per heavy atom. The molecule has 0 saturated carbocycles. The van der Waals surface area contributed by atoms with Crippen LogP contribution in [0.5, 0.6) is 5.75 Å². The van der Waals surface area contributed by atoms with Crippen molar-refractivity contribution in [1.29, 1.82) is 0 Å². The Hall–Kier alpha value is -2.38. The lowest BCUT2D eigenvalue weighted by Gasteiger charge is -2.25. The van der Waals surface area contributed by atoms with Crippen molar-refractivity contribution in [1.82, 2.24) is 0 Å². The molecule has 0 radical (unpaired) electrons. The molecule has 25 heavy (non-hydrogen) atoms. The zero-order valence-corrected chi connectivity index (χ0v) is 14.7. The second-order valence-electron chi connectivity index (χ2n) is 6.04. The van der Waals surface area contributed by atoms with Crippen molar-refractivity contribution in [3.05, 3.63) is 53.6 Å². The number of carbonyl (C=O) groups is 1. The molecule has 0 saturated heterocycles. The summed E-state index contributed by atoms with van der Waals surface area (Å²) in [6, 6.07) is 12.0. The minimum Gasteiger partial charge on any atom is -0.495 e. The number of nitrogens with one attached hydrogen (secondary N) is 1. The summed E-state index contributed by atoms with van der Waals surface area (Å²) in [6.45, 7) is 0. The van der Waals surface area contributed by atoms with Crippen LogP contribution in [0.25, 0.3) is 0 Å². The van der Waals surface area contributed by atoms with E-state index < -0.39 is 10.0 Å². The average molecular weight is 360 g/mol. The molecule has 0 unspecified atom stereocenters. The summed E-state index contributed by atoms with van der Waals surface area (Å²) in [5.74, 6) is -0.0744. The normalized spacial score (nSPS) is 16.8. The van der Waals surface area contributed by atoms with Gasteiger partial charge in [0.1, 0.15) is 5.75 Å². The van der Waals surface area contributed by atoms with Gasteiger partial charge in [0, 0.05) is 0 Å². The summed E-state index contributed by atoms with van der Waals surface area (Å²) >= 11 is 0. The van der Waals surface area contributed by atoms with Crippen molar-refractivity contribution in [2.24, 2.45) is 5.14 Å². The number of sulfonamides is 1. The standard InChI is InChI=1S/C18H20N2O4S/c1-24-17-10-9-13(25(19,22)23)11-16(17)20-18(21)15-8-4-6-12-5-2-3-7-14(12)15/h2-3,5,7,9-11,15H,4,6,8H2,1H3,(H,20,21)(H2,19,22,23)/t15-/m0/s1. The van der Waals surface area contributed by atoms with Gasteiger partial charge < -0.3 is 10.1 Å². The Morgan fingerprint density at radius 2 is 2.00 bits per heavy atom. The number of anilines is 1. The minimum atomic E-state index is -3.87. The molecule has 0 aliphatic heterocycles. The molecule has 3 N–H and O–H groups in total. The van der Waals surface area contributed by atoms with Crippen LogP contribution in [0.1, 0.15) is 29.9 Å². The molecule has 1 aliphatic carbocycles. The van der Waals surface area contributed by atoms with E-state index in [0.717, 1.165) is 24.8 Å². The SMILES string of the molecule is COc1ccc(S(N)(=O)=O)cc1NC(=O)[C@H]1CCCc2ccccc21. The molecule has 1 atom stereocenters. The van der Waals surface area contributed by atoms with Gasteiger partial charge >= 0.3 is 0 Å². The maximum atomic E-state index is 12.8. The fourth-order valence-electron chi connectivity index (χ4n) is 3.21. The summed E-state index contributed by atoms with van der Waals surface area (Å²) in [5, 5.41) is 7.97. The Bertz CT molecular complexity index is 909. The number of hydrogen-bond acceptors (Lipinski definition) is 4. The first kappa shape index (κ1) is 17.4. The van der Waals surface area contributed by atoms with Gasteiger partial charge in [-0.1, -0.05) is 24.3 Å². The fraction of sp³-hybridized carbons (Fsp3) is 0.278. The number of carbonyl (C=O) groups excluding carboxylic acids is 1. The van der Waals surface area contributed by atoms with E-state index in [0.29, 0.717) is 11.4 Å². The Balaban J connectivity index is 1.91. The van der Waals surface area contributed by atoms with Crippen molar-refractivity contribution in [2.75, 3.05) is 12.4 Å². The first-order valence-corrected chi connectivity index (χ1v) is 9.54. The Morgan fingerprint density at radius 1 is 1.24 bits per heavy atom. The van der Waals surface area contributed by atoms with Gasteiger partial charge in [-0.3, -0.25) is 4.79 Å². The minimum absolute atomic E-state index is 0.0763. The van der Waals surface area contributed by atoms with Gasteiger partial charge in [-0.25, -0.2) is 13.6 Å². The van der Waals surface area contributed by atoms with Crippen LogP contribution in [0, 0.1) is 0 Å². The Labute approximate surface area is 147 Å². The van der Waals surface area contributed by atoms with Gasteiger partial charge in [0.2, 0.25) is 15.9 Å². The second kappa shape index (κ2) is 6.85. The monoisotopic (exact) mass is 360 g/mol. The summed E-state index contributed by atoms with van der Waals surface area (Å²) in [6.07, 6.45) is 2.65. The maximum absolute atomic E-state index is 12.8. The highest BCUT2D eigenvalue weighted by Gasteiger charge is 2.27. The largest absolute Gasteiger partial charge is 0.495 e. The highest BCUT2D eigenvalue weighted by molar-refractivity contribution is 7.89. The summed E-state index contributed by atoms with van der Waals surface area (Å²) in [5.41, 5.74) is 2.49. The summed E-state index contributed by atoms with van der Waals surface area (Å²) in [4.78, 5) is 12.7. The van der Waals surface area contributed by atoms with Crippen LogP contribution >= 0.6 is 0 Å². The van der Waals surface area contributed by atoms with E-state index in [-0.39, 0.29) is 16.7 Å². The quantitative estimate of drug-likeness (QED) is 0.874. The Kier molecular flexibility index (Phi) is 4.78. The number of nitrogens with two attached hydrogens (primary N) is 1. The van der Waals surface area contributed by atoms with E-state index in [9.17, 15) is 13.2 Å². The van der Waals surface area contributed by atoms with Gasteiger partial charge in [-0.05, 0) is 48.6 Å². The third-order valence-electron chi connectivity index (χ3n) is 4.44. The van der Waals surface area contributed by atoms with Crippen molar-refractivity contribution in [2.45, 2.75) is 30.1 Å². The summed E-state index contributed by atoms with van der Waals surface area (Å²) in [7, 11) is -2.41. The molecule has 3 rings (SSSR count). The number of amides is 1. The molecule has 132 valence electrons. The number of benzene rings is 2. The first-order chi connectivity index (χ1) is 11.9. The van der Waals surface area contributed by atoms with E-state index in [1.54, 1.807) is 0 Å². The predicted octanol–water partition coefficient (Wildman–Crippen LogP) is 2.40. The molecule has 1 amide bonds. The number of aryl methyl sites for hydroxylation is 1.